The largest absolute Gasteiger partial charge is 0.340 e. The standard InChI is InChI=1S/C23H26N4/c1-16(2)20-10-6-7-17(3)22(20)25-21-11-13-24-23(26-21)27-14-12-18-8-4-5-9-19(18)15-27/h4-11,13,16H,12,14-15H2,1-3H3,(H,24,25,26). The Morgan fingerprint density at radius 3 is 2.63 bits per heavy atom. The van der Waals surface area contributed by atoms with E-state index >= 15 is 0 Å². The Bertz CT molecular complexity index is 949. The van der Waals surface area contributed by atoms with Crippen molar-refractivity contribution >= 4 is 17.5 Å². The zero-order chi connectivity index (χ0) is 18.8. The van der Waals surface area contributed by atoms with Crippen LogP contribution in [0.5, 0.6) is 0 Å². The van der Waals surface area contributed by atoms with E-state index in [0.717, 1.165) is 37.0 Å². The number of hydrogen-bond donors (Lipinski definition) is 1. The molecule has 1 aliphatic heterocycles. The van der Waals surface area contributed by atoms with Crippen molar-refractivity contribution in [2.75, 3.05) is 16.8 Å². The SMILES string of the molecule is Cc1cccc(C(C)C)c1Nc1ccnc(N2CCc3ccccc3C2)n1. The molecule has 2 heterocycles. The van der Waals surface area contributed by atoms with E-state index in [4.69, 9.17) is 4.98 Å². The van der Waals surface area contributed by atoms with Crippen molar-refractivity contribution < 1.29 is 0 Å². The number of fused-ring (bicyclic) bond motifs is 1. The highest BCUT2D eigenvalue weighted by atomic mass is 15.3. The molecule has 0 atom stereocenters. The molecule has 2 aromatic carbocycles. The Kier molecular flexibility index (Phi) is 4.80. The number of aromatic nitrogens is 2. The summed E-state index contributed by atoms with van der Waals surface area (Å²) in [5.74, 6) is 2.08. The van der Waals surface area contributed by atoms with Crippen LogP contribution in [0, 0.1) is 6.92 Å². The average Bonchev–Trinajstić information content (AvgIpc) is 2.69. The molecular weight excluding hydrogens is 332 g/mol. The van der Waals surface area contributed by atoms with Gasteiger partial charge in [-0.25, -0.2) is 4.98 Å². The summed E-state index contributed by atoms with van der Waals surface area (Å²) >= 11 is 0. The summed E-state index contributed by atoms with van der Waals surface area (Å²) in [5.41, 5.74) is 6.49. The highest BCUT2D eigenvalue weighted by Crippen LogP contribution is 2.30. The first-order valence-corrected chi connectivity index (χ1v) is 9.63. The lowest BCUT2D eigenvalue weighted by Crippen LogP contribution is -2.31. The monoisotopic (exact) mass is 358 g/mol. The number of nitrogens with one attached hydrogen (secondary N) is 1. The van der Waals surface area contributed by atoms with Crippen LogP contribution in [0.15, 0.2) is 54.7 Å². The summed E-state index contributed by atoms with van der Waals surface area (Å²) in [4.78, 5) is 11.6. The van der Waals surface area contributed by atoms with Gasteiger partial charge in [-0.3, -0.25) is 0 Å². The van der Waals surface area contributed by atoms with Gasteiger partial charge >= 0.3 is 0 Å². The molecule has 27 heavy (non-hydrogen) atoms. The van der Waals surface area contributed by atoms with Gasteiger partial charge in [0, 0.05) is 25.0 Å². The van der Waals surface area contributed by atoms with E-state index in [1.54, 1.807) is 0 Å². The Balaban J connectivity index is 1.60. The minimum atomic E-state index is 0.451. The van der Waals surface area contributed by atoms with E-state index in [1.165, 1.54) is 22.3 Å². The third-order valence-corrected chi connectivity index (χ3v) is 5.24. The first-order valence-electron chi connectivity index (χ1n) is 9.63. The van der Waals surface area contributed by atoms with Crippen LogP contribution in [-0.4, -0.2) is 16.5 Å². The molecule has 1 aliphatic rings. The minimum Gasteiger partial charge on any atom is -0.340 e. The topological polar surface area (TPSA) is 41.1 Å². The molecule has 4 nitrogen and oxygen atoms in total. The molecule has 0 radical (unpaired) electrons. The first-order chi connectivity index (χ1) is 13.1. The molecule has 4 heteroatoms. The molecule has 0 fully saturated rings. The lowest BCUT2D eigenvalue weighted by molar-refractivity contribution is 0.708. The van der Waals surface area contributed by atoms with Crippen LogP contribution < -0.4 is 10.2 Å². The lowest BCUT2D eigenvalue weighted by atomic mass is 9.98. The summed E-state index contributed by atoms with van der Waals surface area (Å²) in [7, 11) is 0. The maximum atomic E-state index is 4.81. The molecule has 4 rings (SSSR count). The van der Waals surface area contributed by atoms with Crippen molar-refractivity contribution in [3.63, 3.8) is 0 Å². The smallest absolute Gasteiger partial charge is 0.227 e. The molecule has 0 saturated carbocycles. The number of para-hydroxylation sites is 1. The van der Waals surface area contributed by atoms with Crippen molar-refractivity contribution in [3.05, 3.63) is 77.0 Å². The third kappa shape index (κ3) is 3.65. The van der Waals surface area contributed by atoms with Crippen LogP contribution in [0.2, 0.25) is 0 Å². The minimum absolute atomic E-state index is 0.451. The normalized spacial score (nSPS) is 13.6. The molecule has 1 N–H and O–H groups in total. The maximum absolute atomic E-state index is 4.81. The maximum Gasteiger partial charge on any atom is 0.227 e. The fourth-order valence-corrected chi connectivity index (χ4v) is 3.71. The molecule has 0 aliphatic carbocycles. The van der Waals surface area contributed by atoms with Crippen LogP contribution in [0.4, 0.5) is 17.5 Å². The van der Waals surface area contributed by atoms with Crippen LogP contribution in [-0.2, 0) is 13.0 Å². The quantitative estimate of drug-likeness (QED) is 0.695. The van der Waals surface area contributed by atoms with E-state index in [9.17, 15) is 0 Å². The van der Waals surface area contributed by atoms with Crippen LogP contribution in [0.25, 0.3) is 0 Å². The van der Waals surface area contributed by atoms with Crippen molar-refractivity contribution in [2.24, 2.45) is 0 Å². The number of anilines is 3. The molecule has 138 valence electrons. The molecule has 0 amide bonds. The molecule has 1 aromatic heterocycles. The number of benzene rings is 2. The van der Waals surface area contributed by atoms with Gasteiger partial charge in [-0.05, 0) is 47.6 Å². The summed E-state index contributed by atoms with van der Waals surface area (Å²) < 4.78 is 0. The molecule has 0 bridgehead atoms. The van der Waals surface area contributed by atoms with Gasteiger partial charge in [0.05, 0.1) is 0 Å². The number of rotatable bonds is 4. The molecule has 0 unspecified atom stereocenters. The van der Waals surface area contributed by atoms with Crippen LogP contribution in [0.1, 0.15) is 42.0 Å². The van der Waals surface area contributed by atoms with Crippen molar-refractivity contribution in [1.82, 2.24) is 9.97 Å². The Labute approximate surface area is 161 Å². The first kappa shape index (κ1) is 17.5. The predicted octanol–water partition coefficient (Wildman–Crippen LogP) is 5.21. The third-order valence-electron chi connectivity index (χ3n) is 5.24. The van der Waals surface area contributed by atoms with Gasteiger partial charge in [-0.15, -0.1) is 0 Å². The zero-order valence-corrected chi connectivity index (χ0v) is 16.2. The second-order valence-corrected chi connectivity index (χ2v) is 7.50. The molecule has 0 saturated heterocycles. The van der Waals surface area contributed by atoms with Gasteiger partial charge in [-0.2, -0.15) is 4.98 Å². The second-order valence-electron chi connectivity index (χ2n) is 7.50. The van der Waals surface area contributed by atoms with E-state index in [-0.39, 0.29) is 0 Å². The van der Waals surface area contributed by atoms with Gasteiger partial charge in [0.15, 0.2) is 0 Å². The van der Waals surface area contributed by atoms with Gasteiger partial charge in [0.1, 0.15) is 5.82 Å². The van der Waals surface area contributed by atoms with Crippen LogP contribution in [0.3, 0.4) is 0 Å². The lowest BCUT2D eigenvalue weighted by Gasteiger charge is -2.29. The summed E-state index contributed by atoms with van der Waals surface area (Å²) in [6.07, 6.45) is 2.88. The van der Waals surface area contributed by atoms with Gasteiger partial charge in [0.25, 0.3) is 0 Å². The van der Waals surface area contributed by atoms with Gasteiger partial charge in [-0.1, -0.05) is 56.3 Å². The average molecular weight is 358 g/mol. The Morgan fingerprint density at radius 2 is 1.81 bits per heavy atom. The Morgan fingerprint density at radius 1 is 1.00 bits per heavy atom. The Hall–Kier alpha value is -2.88. The van der Waals surface area contributed by atoms with E-state index in [1.807, 2.05) is 12.3 Å². The summed E-state index contributed by atoms with van der Waals surface area (Å²) in [5, 5.41) is 3.54. The second kappa shape index (κ2) is 7.39. The zero-order valence-electron chi connectivity index (χ0n) is 16.2. The van der Waals surface area contributed by atoms with Crippen molar-refractivity contribution in [1.29, 1.82) is 0 Å². The van der Waals surface area contributed by atoms with E-state index in [2.05, 4.69) is 78.4 Å². The number of hydrogen-bond acceptors (Lipinski definition) is 4. The van der Waals surface area contributed by atoms with Crippen molar-refractivity contribution in [2.45, 2.75) is 39.7 Å². The molecule has 3 aromatic rings. The van der Waals surface area contributed by atoms with Crippen molar-refractivity contribution in [3.8, 4) is 0 Å². The van der Waals surface area contributed by atoms with Gasteiger partial charge < -0.3 is 10.2 Å². The number of nitrogens with zero attached hydrogens (tertiary/aromatic N) is 3. The molecular formula is C23H26N4. The number of aryl methyl sites for hydroxylation is 1. The fraction of sp³-hybridized carbons (Fsp3) is 0.304. The predicted molar refractivity (Wildman–Crippen MR) is 112 cm³/mol. The highest BCUT2D eigenvalue weighted by molar-refractivity contribution is 5.66. The van der Waals surface area contributed by atoms with E-state index < -0.39 is 0 Å². The fourth-order valence-electron chi connectivity index (χ4n) is 3.71. The summed E-state index contributed by atoms with van der Waals surface area (Å²) in [6, 6.07) is 17.0. The van der Waals surface area contributed by atoms with Crippen LogP contribution >= 0.6 is 0 Å². The van der Waals surface area contributed by atoms with Gasteiger partial charge in [0.2, 0.25) is 5.95 Å². The highest BCUT2D eigenvalue weighted by Gasteiger charge is 2.18. The van der Waals surface area contributed by atoms with E-state index in [0.29, 0.717) is 5.92 Å². The molecule has 0 spiro atoms. The summed E-state index contributed by atoms with van der Waals surface area (Å²) in [6.45, 7) is 8.38.